The van der Waals surface area contributed by atoms with Gasteiger partial charge in [0.15, 0.2) is 5.78 Å². The Labute approximate surface area is 123 Å². The molecule has 0 aromatic heterocycles. The summed E-state index contributed by atoms with van der Waals surface area (Å²) >= 11 is 0. The van der Waals surface area contributed by atoms with E-state index in [0.29, 0.717) is 11.1 Å². The second-order valence-corrected chi connectivity index (χ2v) is 5.25. The molecule has 2 aromatic rings. The minimum atomic E-state index is -0.219. The SMILES string of the molecule is Cc1cc(C)c2c(c1)/C(=C/C(=O)c1ccccc1)C(=O)N2. The maximum Gasteiger partial charge on any atom is 0.256 e. The molecule has 104 valence electrons. The first kappa shape index (κ1) is 13.3. The molecule has 3 heteroatoms. The van der Waals surface area contributed by atoms with Crippen LogP contribution in [0.1, 0.15) is 27.0 Å². The summed E-state index contributed by atoms with van der Waals surface area (Å²) in [7, 11) is 0. The van der Waals surface area contributed by atoms with Crippen LogP contribution in [0.25, 0.3) is 5.57 Å². The Morgan fingerprint density at radius 3 is 2.52 bits per heavy atom. The molecule has 21 heavy (non-hydrogen) atoms. The second-order valence-electron chi connectivity index (χ2n) is 5.25. The van der Waals surface area contributed by atoms with Gasteiger partial charge >= 0.3 is 0 Å². The van der Waals surface area contributed by atoms with E-state index >= 15 is 0 Å². The fourth-order valence-corrected chi connectivity index (χ4v) is 2.61. The molecule has 0 saturated heterocycles. The molecule has 0 spiro atoms. The Kier molecular flexibility index (Phi) is 3.18. The topological polar surface area (TPSA) is 46.2 Å². The zero-order valence-electron chi connectivity index (χ0n) is 11.9. The molecule has 0 atom stereocenters. The van der Waals surface area contributed by atoms with Gasteiger partial charge < -0.3 is 5.32 Å². The normalized spacial score (nSPS) is 15.0. The summed E-state index contributed by atoms with van der Waals surface area (Å²) in [6, 6.07) is 12.9. The van der Waals surface area contributed by atoms with E-state index in [1.165, 1.54) is 6.08 Å². The third kappa shape index (κ3) is 2.38. The van der Waals surface area contributed by atoms with Gasteiger partial charge in [-0.25, -0.2) is 0 Å². The van der Waals surface area contributed by atoms with Gasteiger partial charge in [-0.1, -0.05) is 42.0 Å². The number of anilines is 1. The quantitative estimate of drug-likeness (QED) is 0.674. The summed E-state index contributed by atoms with van der Waals surface area (Å²) in [5, 5.41) is 2.84. The van der Waals surface area contributed by atoms with Crippen LogP contribution in [-0.4, -0.2) is 11.7 Å². The van der Waals surface area contributed by atoms with E-state index in [1.807, 2.05) is 44.2 Å². The predicted octanol–water partition coefficient (Wildman–Crippen LogP) is 3.52. The van der Waals surface area contributed by atoms with E-state index in [0.717, 1.165) is 22.4 Å². The molecular formula is C18H15NO2. The Bertz CT molecular complexity index is 773. The lowest BCUT2D eigenvalue weighted by atomic mass is 9.99. The standard InChI is InChI=1S/C18H15NO2/c1-11-8-12(2)17-14(9-11)15(18(21)19-17)10-16(20)13-6-4-3-5-7-13/h3-10H,1-2H3,(H,19,21)/b15-10-. The summed E-state index contributed by atoms with van der Waals surface area (Å²) in [5.41, 5.74) is 4.70. The van der Waals surface area contributed by atoms with Crippen molar-refractivity contribution < 1.29 is 9.59 Å². The fraction of sp³-hybridized carbons (Fsp3) is 0.111. The molecule has 1 aliphatic heterocycles. The van der Waals surface area contributed by atoms with Gasteiger partial charge in [0, 0.05) is 11.1 Å². The molecule has 0 fully saturated rings. The van der Waals surface area contributed by atoms with E-state index in [1.54, 1.807) is 12.1 Å². The van der Waals surface area contributed by atoms with Gasteiger partial charge in [0.2, 0.25) is 0 Å². The minimum absolute atomic E-state index is 0.159. The molecule has 1 heterocycles. The number of amides is 1. The van der Waals surface area contributed by atoms with Crippen molar-refractivity contribution in [3.63, 3.8) is 0 Å². The molecule has 0 radical (unpaired) electrons. The lowest BCUT2D eigenvalue weighted by Crippen LogP contribution is -2.06. The van der Waals surface area contributed by atoms with Crippen molar-refractivity contribution in [1.82, 2.24) is 0 Å². The van der Waals surface area contributed by atoms with Crippen LogP contribution in [0.3, 0.4) is 0 Å². The van der Waals surface area contributed by atoms with Crippen molar-refractivity contribution in [2.75, 3.05) is 5.32 Å². The van der Waals surface area contributed by atoms with Crippen LogP contribution in [0.15, 0.2) is 48.5 Å². The van der Waals surface area contributed by atoms with Gasteiger partial charge in [-0.3, -0.25) is 9.59 Å². The monoisotopic (exact) mass is 277 g/mol. The van der Waals surface area contributed by atoms with E-state index in [-0.39, 0.29) is 11.7 Å². The Morgan fingerprint density at radius 2 is 1.81 bits per heavy atom. The smallest absolute Gasteiger partial charge is 0.256 e. The van der Waals surface area contributed by atoms with Crippen molar-refractivity contribution in [1.29, 1.82) is 0 Å². The molecule has 1 aliphatic rings. The van der Waals surface area contributed by atoms with Crippen molar-refractivity contribution in [2.24, 2.45) is 0 Å². The van der Waals surface area contributed by atoms with Crippen LogP contribution in [0.5, 0.6) is 0 Å². The first-order chi connectivity index (χ1) is 10.1. The Hall–Kier alpha value is -2.68. The highest BCUT2D eigenvalue weighted by Gasteiger charge is 2.26. The first-order valence-electron chi connectivity index (χ1n) is 6.80. The predicted molar refractivity (Wildman–Crippen MR) is 83.3 cm³/mol. The maximum atomic E-state index is 12.3. The van der Waals surface area contributed by atoms with Crippen molar-refractivity contribution >= 4 is 23.0 Å². The van der Waals surface area contributed by atoms with Crippen molar-refractivity contribution in [3.05, 3.63) is 70.8 Å². The number of benzene rings is 2. The third-order valence-corrected chi connectivity index (χ3v) is 3.59. The number of carbonyl (C=O) groups is 2. The summed E-state index contributed by atoms with van der Waals surface area (Å²) in [5.74, 6) is -0.379. The van der Waals surface area contributed by atoms with Crippen LogP contribution in [0.2, 0.25) is 0 Å². The summed E-state index contributed by atoms with van der Waals surface area (Å²) < 4.78 is 0. The lowest BCUT2D eigenvalue weighted by molar-refractivity contribution is -0.110. The molecule has 0 unspecified atom stereocenters. The largest absolute Gasteiger partial charge is 0.321 e. The number of nitrogens with one attached hydrogen (secondary N) is 1. The van der Waals surface area contributed by atoms with Gasteiger partial charge in [-0.05, 0) is 31.6 Å². The average molecular weight is 277 g/mol. The van der Waals surface area contributed by atoms with Gasteiger partial charge in [0.05, 0.1) is 11.3 Å². The molecular weight excluding hydrogens is 262 g/mol. The molecule has 3 nitrogen and oxygen atoms in total. The average Bonchev–Trinajstić information content (AvgIpc) is 2.77. The van der Waals surface area contributed by atoms with Crippen LogP contribution < -0.4 is 5.32 Å². The Balaban J connectivity index is 2.07. The van der Waals surface area contributed by atoms with Crippen molar-refractivity contribution in [2.45, 2.75) is 13.8 Å². The maximum absolute atomic E-state index is 12.3. The van der Waals surface area contributed by atoms with Gasteiger partial charge in [-0.15, -0.1) is 0 Å². The van der Waals surface area contributed by atoms with E-state index in [4.69, 9.17) is 0 Å². The number of allylic oxidation sites excluding steroid dienone is 1. The van der Waals surface area contributed by atoms with Gasteiger partial charge in [-0.2, -0.15) is 0 Å². The van der Waals surface area contributed by atoms with Crippen LogP contribution in [0.4, 0.5) is 5.69 Å². The van der Waals surface area contributed by atoms with E-state index in [2.05, 4.69) is 5.32 Å². The summed E-state index contributed by atoms with van der Waals surface area (Å²) in [6.07, 6.45) is 1.43. The molecule has 0 saturated carbocycles. The molecule has 1 N–H and O–H groups in total. The van der Waals surface area contributed by atoms with Crippen LogP contribution in [0, 0.1) is 13.8 Å². The minimum Gasteiger partial charge on any atom is -0.321 e. The first-order valence-corrected chi connectivity index (χ1v) is 6.80. The molecule has 3 rings (SSSR count). The summed E-state index contributed by atoms with van der Waals surface area (Å²) in [6.45, 7) is 3.93. The molecule has 2 aromatic carbocycles. The highest BCUT2D eigenvalue weighted by atomic mass is 16.2. The number of hydrogen-bond acceptors (Lipinski definition) is 2. The number of aryl methyl sites for hydroxylation is 2. The Morgan fingerprint density at radius 1 is 1.10 bits per heavy atom. The van der Waals surface area contributed by atoms with Crippen LogP contribution >= 0.6 is 0 Å². The second kappa shape index (κ2) is 5.02. The third-order valence-electron chi connectivity index (χ3n) is 3.59. The number of carbonyl (C=O) groups excluding carboxylic acids is 2. The zero-order chi connectivity index (χ0) is 15.0. The molecule has 1 amide bonds. The highest BCUT2D eigenvalue weighted by Crippen LogP contribution is 2.35. The zero-order valence-corrected chi connectivity index (χ0v) is 11.9. The van der Waals surface area contributed by atoms with Crippen LogP contribution in [-0.2, 0) is 4.79 Å². The molecule has 0 bridgehead atoms. The highest BCUT2D eigenvalue weighted by molar-refractivity contribution is 6.35. The van der Waals surface area contributed by atoms with Gasteiger partial charge in [0.1, 0.15) is 0 Å². The molecule has 0 aliphatic carbocycles. The number of ketones is 1. The van der Waals surface area contributed by atoms with Gasteiger partial charge in [0.25, 0.3) is 5.91 Å². The number of fused-ring (bicyclic) bond motifs is 1. The van der Waals surface area contributed by atoms with E-state index < -0.39 is 0 Å². The lowest BCUT2D eigenvalue weighted by Gasteiger charge is -2.04. The fourth-order valence-electron chi connectivity index (χ4n) is 2.61. The number of hydrogen-bond donors (Lipinski definition) is 1. The van der Waals surface area contributed by atoms with Crippen molar-refractivity contribution in [3.8, 4) is 0 Å². The van der Waals surface area contributed by atoms with E-state index in [9.17, 15) is 9.59 Å². The number of rotatable bonds is 2. The summed E-state index contributed by atoms with van der Waals surface area (Å²) in [4.78, 5) is 24.4.